The Morgan fingerprint density at radius 2 is 1.87 bits per heavy atom. The van der Waals surface area contributed by atoms with Crippen molar-refractivity contribution in [2.75, 3.05) is 5.32 Å². The zero-order valence-corrected chi connectivity index (χ0v) is 16.6. The van der Waals surface area contributed by atoms with Crippen LogP contribution >= 0.6 is 0 Å². The minimum atomic E-state index is -4.98. The van der Waals surface area contributed by atoms with E-state index in [9.17, 15) is 22.8 Å². The molecule has 2 aromatic rings. The highest BCUT2D eigenvalue weighted by Crippen LogP contribution is 2.33. The number of hydrogen-bond donors (Lipinski definition) is 1. The van der Waals surface area contributed by atoms with Crippen LogP contribution in [0.2, 0.25) is 0 Å². The van der Waals surface area contributed by atoms with Crippen LogP contribution in [0.1, 0.15) is 36.1 Å². The van der Waals surface area contributed by atoms with Crippen molar-refractivity contribution in [2.45, 2.75) is 39.1 Å². The van der Waals surface area contributed by atoms with Crippen molar-refractivity contribution in [3.63, 3.8) is 0 Å². The molecule has 162 valence electrons. The molecule has 0 aromatic heterocycles. The molecule has 2 amide bonds. The summed E-state index contributed by atoms with van der Waals surface area (Å²) in [5, 5.41) is 7.77. The minimum absolute atomic E-state index is 0.00642. The van der Waals surface area contributed by atoms with Gasteiger partial charge in [0, 0.05) is 29.3 Å². The molecule has 2 aromatic carbocycles. The van der Waals surface area contributed by atoms with Crippen LogP contribution in [0, 0.1) is 0 Å². The lowest BCUT2D eigenvalue weighted by molar-refractivity contribution is -0.194. The summed E-state index contributed by atoms with van der Waals surface area (Å²) in [6.07, 6.45) is -4.45. The number of anilines is 1. The number of fused-ring (bicyclic) bond motifs is 2. The maximum absolute atomic E-state index is 12.5. The second-order valence-corrected chi connectivity index (χ2v) is 7.36. The Morgan fingerprint density at radius 1 is 1.16 bits per heavy atom. The lowest BCUT2D eigenvalue weighted by Gasteiger charge is -2.21. The predicted octanol–water partition coefficient (Wildman–Crippen LogP) is 3.56. The number of halogens is 3. The fourth-order valence-corrected chi connectivity index (χ4v) is 3.58. The van der Waals surface area contributed by atoms with Gasteiger partial charge in [0.05, 0.1) is 11.8 Å². The molecule has 2 heterocycles. The highest BCUT2D eigenvalue weighted by Gasteiger charge is 2.38. The van der Waals surface area contributed by atoms with E-state index in [0.717, 1.165) is 16.7 Å². The summed E-state index contributed by atoms with van der Waals surface area (Å²) in [5.41, 5.74) is 3.55. The van der Waals surface area contributed by atoms with E-state index in [1.807, 2.05) is 24.4 Å². The molecule has 10 heteroatoms. The molecular weight excluding hydrogens is 415 g/mol. The number of amides is 2. The third kappa shape index (κ3) is 4.11. The topological polar surface area (TPSA) is 80.2 Å². The minimum Gasteiger partial charge on any atom is -0.337 e. The van der Waals surface area contributed by atoms with Gasteiger partial charge in [-0.2, -0.15) is 23.2 Å². The molecule has 0 spiro atoms. The SMILES string of the molecule is CC(=O)N1N=C(c2ccc(NC(=O)C(F)(F)F)cc2)c2cc3c(cc2CC1C)OOC3. The maximum atomic E-state index is 12.5. The van der Waals surface area contributed by atoms with Crippen LogP contribution in [-0.2, 0) is 27.5 Å². The first-order chi connectivity index (χ1) is 14.6. The molecule has 2 aliphatic rings. The fourth-order valence-electron chi connectivity index (χ4n) is 3.58. The predicted molar refractivity (Wildman–Crippen MR) is 104 cm³/mol. The number of rotatable bonds is 2. The molecule has 0 bridgehead atoms. The Bertz CT molecular complexity index is 1080. The van der Waals surface area contributed by atoms with E-state index in [-0.39, 0.29) is 24.2 Å². The third-order valence-corrected chi connectivity index (χ3v) is 5.04. The standard InChI is InChI=1S/C21H18F3N3O4/c1-11-7-14-9-18-15(10-30-31-18)8-17(14)19(26-27(11)12(2)28)13-3-5-16(6-4-13)25-20(29)21(22,23)24/h3-6,8-9,11H,7,10H2,1-2H3,(H,25,29). The summed E-state index contributed by atoms with van der Waals surface area (Å²) in [5.74, 6) is -1.68. The van der Waals surface area contributed by atoms with E-state index in [1.54, 1.807) is 12.1 Å². The van der Waals surface area contributed by atoms with Crippen LogP contribution in [0.25, 0.3) is 0 Å². The molecule has 1 N–H and O–H groups in total. The number of nitrogens with one attached hydrogen (secondary N) is 1. The van der Waals surface area contributed by atoms with Gasteiger partial charge in [-0.3, -0.25) is 9.59 Å². The van der Waals surface area contributed by atoms with Crippen molar-refractivity contribution in [1.29, 1.82) is 0 Å². The molecule has 0 saturated heterocycles. The number of nitrogens with zero attached hydrogens (tertiary/aromatic N) is 2. The van der Waals surface area contributed by atoms with Gasteiger partial charge in [-0.05, 0) is 43.2 Å². The molecule has 2 aliphatic heterocycles. The van der Waals surface area contributed by atoms with Crippen molar-refractivity contribution in [3.05, 3.63) is 58.7 Å². The first kappa shape index (κ1) is 20.9. The molecule has 31 heavy (non-hydrogen) atoms. The summed E-state index contributed by atoms with van der Waals surface area (Å²) in [6.45, 7) is 3.56. The number of carbonyl (C=O) groups is 2. The second kappa shape index (κ2) is 7.69. The smallest absolute Gasteiger partial charge is 0.337 e. The van der Waals surface area contributed by atoms with Gasteiger partial charge in [-0.25, -0.2) is 5.01 Å². The first-order valence-electron chi connectivity index (χ1n) is 9.46. The summed E-state index contributed by atoms with van der Waals surface area (Å²) >= 11 is 0. The van der Waals surface area contributed by atoms with Gasteiger partial charge in [0.25, 0.3) is 0 Å². The molecular formula is C21H18F3N3O4. The zero-order valence-electron chi connectivity index (χ0n) is 16.6. The van der Waals surface area contributed by atoms with Crippen LogP contribution in [0.3, 0.4) is 0 Å². The van der Waals surface area contributed by atoms with Crippen molar-refractivity contribution in [3.8, 4) is 5.75 Å². The van der Waals surface area contributed by atoms with E-state index in [0.29, 0.717) is 23.4 Å². The monoisotopic (exact) mass is 433 g/mol. The molecule has 0 radical (unpaired) electrons. The Morgan fingerprint density at radius 3 is 2.52 bits per heavy atom. The van der Waals surface area contributed by atoms with Crippen LogP contribution in [-0.4, -0.2) is 34.8 Å². The molecule has 0 aliphatic carbocycles. The first-order valence-corrected chi connectivity index (χ1v) is 9.46. The largest absolute Gasteiger partial charge is 0.471 e. The van der Waals surface area contributed by atoms with E-state index in [2.05, 4.69) is 5.10 Å². The normalized spacial score (nSPS) is 17.8. The van der Waals surface area contributed by atoms with Crippen molar-refractivity contribution < 1.29 is 32.5 Å². The number of carbonyl (C=O) groups excluding carboxylic acids is 2. The Kier molecular flexibility index (Phi) is 5.18. The van der Waals surface area contributed by atoms with Crippen molar-refractivity contribution in [2.24, 2.45) is 5.10 Å². The zero-order chi connectivity index (χ0) is 22.3. The van der Waals surface area contributed by atoms with Crippen LogP contribution in [0.15, 0.2) is 41.5 Å². The molecule has 4 rings (SSSR count). The summed E-state index contributed by atoms with van der Waals surface area (Å²) in [7, 11) is 0. The van der Waals surface area contributed by atoms with Crippen LogP contribution < -0.4 is 10.2 Å². The summed E-state index contributed by atoms with van der Waals surface area (Å²) in [4.78, 5) is 33.6. The fraction of sp³-hybridized carbons (Fsp3) is 0.286. The number of hydrazone groups is 1. The van der Waals surface area contributed by atoms with E-state index < -0.39 is 12.1 Å². The number of hydrogen-bond acceptors (Lipinski definition) is 5. The Hall–Kier alpha value is -3.40. The molecule has 0 fully saturated rings. The van der Waals surface area contributed by atoms with Gasteiger partial charge in [-0.15, -0.1) is 0 Å². The second-order valence-electron chi connectivity index (χ2n) is 7.36. The van der Waals surface area contributed by atoms with E-state index in [1.165, 1.54) is 24.1 Å². The van der Waals surface area contributed by atoms with Crippen molar-refractivity contribution >= 4 is 23.2 Å². The molecule has 0 saturated carbocycles. The molecule has 7 nitrogen and oxygen atoms in total. The molecule has 1 atom stereocenters. The van der Waals surface area contributed by atoms with Crippen LogP contribution in [0.5, 0.6) is 5.75 Å². The van der Waals surface area contributed by atoms with Gasteiger partial charge in [0.15, 0.2) is 5.75 Å². The number of benzene rings is 2. The van der Waals surface area contributed by atoms with Gasteiger partial charge >= 0.3 is 12.1 Å². The Labute approximate surface area is 175 Å². The van der Waals surface area contributed by atoms with Gasteiger partial charge in [0.2, 0.25) is 5.91 Å². The average Bonchev–Trinajstić information content (AvgIpc) is 3.09. The maximum Gasteiger partial charge on any atom is 0.471 e. The van der Waals surface area contributed by atoms with Crippen molar-refractivity contribution in [1.82, 2.24) is 5.01 Å². The number of alkyl halides is 3. The van der Waals surface area contributed by atoms with Gasteiger partial charge in [-0.1, -0.05) is 12.1 Å². The van der Waals surface area contributed by atoms with Gasteiger partial charge in [0.1, 0.15) is 6.61 Å². The lowest BCUT2D eigenvalue weighted by Crippen LogP contribution is -2.33. The van der Waals surface area contributed by atoms with E-state index in [4.69, 9.17) is 9.78 Å². The Balaban J connectivity index is 1.75. The van der Waals surface area contributed by atoms with E-state index >= 15 is 0 Å². The average molecular weight is 433 g/mol. The summed E-state index contributed by atoms with van der Waals surface area (Å²) < 4.78 is 37.5. The van der Waals surface area contributed by atoms with Gasteiger partial charge < -0.3 is 10.2 Å². The quantitative estimate of drug-likeness (QED) is 0.735. The highest BCUT2D eigenvalue weighted by molar-refractivity contribution is 6.14. The molecule has 1 unspecified atom stereocenters. The lowest BCUT2D eigenvalue weighted by atomic mass is 9.92. The summed E-state index contributed by atoms with van der Waals surface area (Å²) in [6, 6.07) is 9.31. The highest BCUT2D eigenvalue weighted by atomic mass is 19.4. The van der Waals surface area contributed by atoms with Crippen LogP contribution in [0.4, 0.5) is 18.9 Å². The third-order valence-electron chi connectivity index (χ3n) is 5.04.